The highest BCUT2D eigenvalue weighted by atomic mass is 32.2. The van der Waals surface area contributed by atoms with Crippen molar-refractivity contribution in [3.63, 3.8) is 0 Å². The minimum Gasteiger partial charge on any atom is -0.360 e. The Labute approximate surface area is 70.2 Å². The predicted octanol–water partition coefficient (Wildman–Crippen LogP) is 0.0415. The summed E-state index contributed by atoms with van der Waals surface area (Å²) in [6, 6.07) is 0. The van der Waals surface area contributed by atoms with Gasteiger partial charge < -0.3 is 9.64 Å². The molecule has 3 nitrogen and oxygen atoms in total. The van der Waals surface area contributed by atoms with E-state index in [1.165, 1.54) is 0 Å². The summed E-state index contributed by atoms with van der Waals surface area (Å²) in [6.45, 7) is 2.74. The smallest absolute Gasteiger partial charge is 0.130 e. The maximum Gasteiger partial charge on any atom is 0.130 e. The Morgan fingerprint density at radius 3 is 2.64 bits per heavy atom. The number of likely N-dealkylation sites (N-methyl/N-ethyl adjacent to an activating group) is 1. The molecule has 0 unspecified atom stereocenters. The average molecular weight is 177 g/mol. The van der Waals surface area contributed by atoms with E-state index < -0.39 is 10.8 Å². The van der Waals surface area contributed by atoms with Crippen molar-refractivity contribution in [1.29, 1.82) is 0 Å². The van der Waals surface area contributed by atoms with Gasteiger partial charge in [-0.2, -0.15) is 0 Å². The molecule has 0 radical (unpaired) electrons. The highest BCUT2D eigenvalue weighted by Crippen LogP contribution is 2.14. The molecule has 1 aliphatic rings. The Bertz CT molecular complexity index is 161. The first-order valence-corrected chi connectivity index (χ1v) is 5.15. The molecule has 0 spiro atoms. The molecule has 1 fully saturated rings. The molecule has 1 heterocycles. The van der Waals surface area contributed by atoms with Crippen LogP contribution < -0.4 is 0 Å². The molecule has 66 valence electrons. The molecule has 0 aromatic rings. The Morgan fingerprint density at radius 2 is 2.27 bits per heavy atom. The van der Waals surface area contributed by atoms with Crippen LogP contribution >= 0.6 is 0 Å². The summed E-state index contributed by atoms with van der Waals surface area (Å²) in [7, 11) is 3.23. The zero-order valence-electron chi connectivity index (χ0n) is 7.24. The SMILES string of the molecule is C[C@@H]1O[C@H](CN(C)C)C[S@@]1=O. The second-order valence-corrected chi connectivity index (χ2v) is 4.89. The quantitative estimate of drug-likeness (QED) is 0.596. The average Bonchev–Trinajstić information content (AvgIpc) is 2.10. The summed E-state index contributed by atoms with van der Waals surface area (Å²) in [6.07, 6.45) is 0.167. The van der Waals surface area contributed by atoms with Gasteiger partial charge in [-0.05, 0) is 21.0 Å². The van der Waals surface area contributed by atoms with Crippen molar-refractivity contribution in [2.45, 2.75) is 18.5 Å². The fraction of sp³-hybridized carbons (Fsp3) is 1.00. The lowest BCUT2D eigenvalue weighted by molar-refractivity contribution is 0.0571. The van der Waals surface area contributed by atoms with Crippen molar-refractivity contribution in [3.05, 3.63) is 0 Å². The molecule has 4 heteroatoms. The molecule has 1 rings (SSSR count). The summed E-state index contributed by atoms with van der Waals surface area (Å²) in [5, 5.41) is 0. The summed E-state index contributed by atoms with van der Waals surface area (Å²) in [5.41, 5.74) is -0.0695. The minimum absolute atomic E-state index is 0.0695. The van der Waals surface area contributed by atoms with Crippen LogP contribution in [-0.2, 0) is 15.5 Å². The predicted molar refractivity (Wildman–Crippen MR) is 45.9 cm³/mol. The maximum atomic E-state index is 11.1. The van der Waals surface area contributed by atoms with Gasteiger partial charge in [0, 0.05) is 6.54 Å². The van der Waals surface area contributed by atoms with E-state index in [4.69, 9.17) is 4.74 Å². The van der Waals surface area contributed by atoms with Crippen molar-refractivity contribution in [3.8, 4) is 0 Å². The maximum absolute atomic E-state index is 11.1. The van der Waals surface area contributed by atoms with Gasteiger partial charge in [-0.15, -0.1) is 0 Å². The van der Waals surface area contributed by atoms with Gasteiger partial charge in [-0.1, -0.05) is 0 Å². The van der Waals surface area contributed by atoms with E-state index in [1.807, 2.05) is 21.0 Å². The van der Waals surface area contributed by atoms with Gasteiger partial charge in [0.15, 0.2) is 0 Å². The molecule has 0 amide bonds. The lowest BCUT2D eigenvalue weighted by Gasteiger charge is -2.14. The lowest BCUT2D eigenvalue weighted by atomic mass is 10.4. The van der Waals surface area contributed by atoms with Gasteiger partial charge in [0.05, 0.1) is 22.7 Å². The van der Waals surface area contributed by atoms with E-state index in [-0.39, 0.29) is 11.5 Å². The molecule has 0 N–H and O–H groups in total. The molecular weight excluding hydrogens is 162 g/mol. The van der Waals surface area contributed by atoms with Crippen molar-refractivity contribution < 1.29 is 8.95 Å². The third-order valence-electron chi connectivity index (χ3n) is 1.67. The van der Waals surface area contributed by atoms with Gasteiger partial charge in [-0.25, -0.2) is 0 Å². The summed E-state index contributed by atoms with van der Waals surface area (Å²) >= 11 is 0. The first-order chi connectivity index (χ1) is 5.09. The van der Waals surface area contributed by atoms with Crippen LogP contribution in [0.4, 0.5) is 0 Å². The standard InChI is InChI=1S/C7H15NO2S/c1-6-10-7(4-8(2)3)5-11(6)9/h6-7H,4-5H2,1-3H3/t6-,7-,11+/m1/s1. The van der Waals surface area contributed by atoms with E-state index in [0.29, 0.717) is 5.75 Å². The van der Waals surface area contributed by atoms with Crippen LogP contribution in [0.5, 0.6) is 0 Å². The molecule has 0 bridgehead atoms. The first kappa shape index (κ1) is 9.16. The highest BCUT2D eigenvalue weighted by molar-refractivity contribution is 7.85. The number of hydrogen-bond acceptors (Lipinski definition) is 3. The molecule has 3 atom stereocenters. The summed E-state index contributed by atoms with van der Waals surface area (Å²) in [4.78, 5) is 2.06. The van der Waals surface area contributed by atoms with Crippen molar-refractivity contribution >= 4 is 10.8 Å². The van der Waals surface area contributed by atoms with Crippen LogP contribution in [0.25, 0.3) is 0 Å². The van der Waals surface area contributed by atoms with Gasteiger partial charge in [-0.3, -0.25) is 4.21 Å². The topological polar surface area (TPSA) is 29.5 Å². The van der Waals surface area contributed by atoms with Crippen LogP contribution in [0.2, 0.25) is 0 Å². The first-order valence-electron chi connectivity index (χ1n) is 3.77. The summed E-state index contributed by atoms with van der Waals surface area (Å²) in [5.74, 6) is 0.694. The zero-order chi connectivity index (χ0) is 8.43. The minimum atomic E-state index is -0.763. The lowest BCUT2D eigenvalue weighted by Crippen LogP contribution is -2.27. The van der Waals surface area contributed by atoms with Crippen molar-refractivity contribution in [2.24, 2.45) is 0 Å². The van der Waals surface area contributed by atoms with Gasteiger partial charge in [0.1, 0.15) is 5.44 Å². The third kappa shape index (κ3) is 2.54. The van der Waals surface area contributed by atoms with Crippen molar-refractivity contribution in [1.82, 2.24) is 4.90 Å². The number of ether oxygens (including phenoxy) is 1. The number of hydrogen-bond donors (Lipinski definition) is 0. The second-order valence-electron chi connectivity index (χ2n) is 3.14. The van der Waals surface area contributed by atoms with E-state index in [1.54, 1.807) is 0 Å². The van der Waals surface area contributed by atoms with Crippen LogP contribution in [0, 0.1) is 0 Å². The number of nitrogens with zero attached hydrogens (tertiary/aromatic N) is 1. The van der Waals surface area contributed by atoms with E-state index in [2.05, 4.69) is 4.90 Å². The van der Waals surface area contributed by atoms with E-state index in [0.717, 1.165) is 6.54 Å². The summed E-state index contributed by atoms with van der Waals surface area (Å²) < 4.78 is 16.6. The Hall–Kier alpha value is 0.0700. The fourth-order valence-corrected chi connectivity index (χ4v) is 2.30. The molecule has 1 saturated heterocycles. The molecular formula is C7H15NO2S. The molecule has 11 heavy (non-hydrogen) atoms. The molecule has 0 aromatic carbocycles. The van der Waals surface area contributed by atoms with Gasteiger partial charge >= 0.3 is 0 Å². The monoisotopic (exact) mass is 177 g/mol. The van der Waals surface area contributed by atoms with Crippen LogP contribution in [0.3, 0.4) is 0 Å². The van der Waals surface area contributed by atoms with Crippen LogP contribution in [-0.4, -0.2) is 47.0 Å². The fourth-order valence-electron chi connectivity index (χ4n) is 1.19. The van der Waals surface area contributed by atoms with E-state index in [9.17, 15) is 4.21 Å². The molecule has 0 aromatic heterocycles. The largest absolute Gasteiger partial charge is 0.360 e. The van der Waals surface area contributed by atoms with Gasteiger partial charge in [0.2, 0.25) is 0 Å². The highest BCUT2D eigenvalue weighted by Gasteiger charge is 2.28. The zero-order valence-corrected chi connectivity index (χ0v) is 8.06. The second kappa shape index (κ2) is 3.65. The Morgan fingerprint density at radius 1 is 1.64 bits per heavy atom. The van der Waals surface area contributed by atoms with E-state index >= 15 is 0 Å². The molecule has 0 aliphatic carbocycles. The van der Waals surface area contributed by atoms with Crippen LogP contribution in [0.15, 0.2) is 0 Å². The number of rotatable bonds is 2. The Balaban J connectivity index is 2.35. The van der Waals surface area contributed by atoms with Gasteiger partial charge in [0.25, 0.3) is 0 Å². The molecule has 1 aliphatic heterocycles. The third-order valence-corrected chi connectivity index (χ3v) is 3.23. The Kier molecular flexibility index (Phi) is 3.04. The van der Waals surface area contributed by atoms with Crippen LogP contribution in [0.1, 0.15) is 6.92 Å². The molecule has 0 saturated carbocycles. The normalized spacial score (nSPS) is 38.4. The van der Waals surface area contributed by atoms with Crippen molar-refractivity contribution in [2.75, 3.05) is 26.4 Å².